The molecule has 0 radical (unpaired) electrons. The van der Waals surface area contributed by atoms with Gasteiger partial charge in [-0.1, -0.05) is 26.0 Å². The molecule has 0 saturated carbocycles. The molecule has 0 unspecified atom stereocenters. The Morgan fingerprint density at radius 1 is 0.971 bits per heavy atom. The molecular formula is C27H31FN4O3. The number of halogens is 1. The Balaban J connectivity index is 1.55. The predicted octanol–water partition coefficient (Wildman–Crippen LogP) is 4.55. The van der Waals surface area contributed by atoms with Crippen LogP contribution in [0.2, 0.25) is 0 Å². The highest BCUT2D eigenvalue weighted by molar-refractivity contribution is 5.89. The van der Waals surface area contributed by atoms with Gasteiger partial charge in [-0.05, 0) is 55.8 Å². The number of benzene rings is 2. The van der Waals surface area contributed by atoms with Crippen molar-refractivity contribution in [1.29, 1.82) is 0 Å². The first-order valence-electron chi connectivity index (χ1n) is 12.1. The van der Waals surface area contributed by atoms with E-state index in [4.69, 9.17) is 4.74 Å². The molecule has 7 nitrogen and oxygen atoms in total. The molecule has 1 aromatic heterocycles. The van der Waals surface area contributed by atoms with Crippen molar-refractivity contribution in [3.8, 4) is 16.9 Å². The average molecular weight is 479 g/mol. The molecule has 1 aliphatic heterocycles. The van der Waals surface area contributed by atoms with Crippen LogP contribution in [0.3, 0.4) is 0 Å². The predicted molar refractivity (Wildman–Crippen MR) is 133 cm³/mol. The third-order valence-corrected chi connectivity index (χ3v) is 6.42. The maximum atomic E-state index is 13.5. The maximum absolute atomic E-state index is 13.5. The van der Waals surface area contributed by atoms with Gasteiger partial charge >= 0.3 is 5.97 Å². The summed E-state index contributed by atoms with van der Waals surface area (Å²) in [5.74, 6) is -0.556. The van der Waals surface area contributed by atoms with Crippen molar-refractivity contribution in [2.24, 2.45) is 5.92 Å². The van der Waals surface area contributed by atoms with E-state index in [1.165, 1.54) is 12.1 Å². The van der Waals surface area contributed by atoms with Crippen LogP contribution < -0.4 is 4.90 Å². The summed E-state index contributed by atoms with van der Waals surface area (Å²) in [6.45, 7) is 9.01. The van der Waals surface area contributed by atoms with Crippen LogP contribution in [0.1, 0.15) is 37.7 Å². The normalized spacial score (nSPS) is 14.6. The zero-order valence-electron chi connectivity index (χ0n) is 20.4. The number of amides is 1. The van der Waals surface area contributed by atoms with Crippen LogP contribution in [0.25, 0.3) is 16.9 Å². The first-order valence-corrected chi connectivity index (χ1v) is 12.1. The second kappa shape index (κ2) is 10.7. The summed E-state index contributed by atoms with van der Waals surface area (Å²) < 4.78 is 20.2. The number of nitrogens with zero attached hydrogens (tertiary/aromatic N) is 4. The van der Waals surface area contributed by atoms with E-state index in [9.17, 15) is 14.0 Å². The van der Waals surface area contributed by atoms with E-state index in [1.54, 1.807) is 29.8 Å². The minimum Gasteiger partial charge on any atom is -0.461 e. The van der Waals surface area contributed by atoms with Gasteiger partial charge in [0.15, 0.2) is 5.69 Å². The fourth-order valence-corrected chi connectivity index (χ4v) is 4.18. The molecule has 1 fully saturated rings. The number of rotatable bonds is 7. The largest absolute Gasteiger partial charge is 0.461 e. The number of hydrogen-bond donors (Lipinski definition) is 0. The Hall–Kier alpha value is -3.68. The molecule has 8 heteroatoms. The van der Waals surface area contributed by atoms with E-state index in [2.05, 4.69) is 10.00 Å². The smallest absolute Gasteiger partial charge is 0.358 e. The second-order valence-electron chi connectivity index (χ2n) is 8.69. The van der Waals surface area contributed by atoms with Crippen LogP contribution in [0.5, 0.6) is 0 Å². The van der Waals surface area contributed by atoms with Gasteiger partial charge < -0.3 is 14.5 Å². The summed E-state index contributed by atoms with van der Waals surface area (Å²) in [6, 6.07) is 15.7. The van der Waals surface area contributed by atoms with Gasteiger partial charge in [0.25, 0.3) is 0 Å². The number of hydrogen-bond acceptors (Lipinski definition) is 5. The maximum Gasteiger partial charge on any atom is 0.358 e. The third-order valence-electron chi connectivity index (χ3n) is 6.42. The van der Waals surface area contributed by atoms with Crippen LogP contribution in [0, 0.1) is 11.7 Å². The summed E-state index contributed by atoms with van der Waals surface area (Å²) in [4.78, 5) is 29.0. The quantitative estimate of drug-likeness (QED) is 0.466. The Labute approximate surface area is 205 Å². The van der Waals surface area contributed by atoms with Gasteiger partial charge in [-0.15, -0.1) is 0 Å². The van der Waals surface area contributed by atoms with Crippen molar-refractivity contribution in [2.75, 3.05) is 37.7 Å². The molecule has 1 atom stereocenters. The molecule has 0 spiro atoms. The van der Waals surface area contributed by atoms with Gasteiger partial charge in [0, 0.05) is 43.3 Å². The molecule has 0 bridgehead atoms. The number of carbonyl (C=O) groups is 2. The lowest BCUT2D eigenvalue weighted by Gasteiger charge is -2.37. The van der Waals surface area contributed by atoms with Crippen LogP contribution in [-0.4, -0.2) is 59.3 Å². The van der Waals surface area contributed by atoms with Crippen LogP contribution in [0.4, 0.5) is 10.1 Å². The summed E-state index contributed by atoms with van der Waals surface area (Å²) >= 11 is 0. The molecule has 0 aliphatic carbocycles. The number of anilines is 1. The number of carbonyl (C=O) groups excluding carboxylic acids is 2. The minimum absolute atomic E-state index is 0.0614. The standard InChI is InChI=1S/C27H31FN4O3/c1-4-19(3)26(33)31-16-14-30(15-17-31)22-10-6-20(7-11-22)25-18-24(27(34)35-5-2)29-32(25)23-12-8-21(28)9-13-23/h6-13,18-19H,4-5,14-17H2,1-3H3/t19-/m0/s1. The van der Waals surface area contributed by atoms with Crippen LogP contribution >= 0.6 is 0 Å². The lowest BCUT2D eigenvalue weighted by molar-refractivity contribution is -0.135. The Bertz CT molecular complexity index is 1170. The van der Waals surface area contributed by atoms with E-state index in [0.717, 1.165) is 30.8 Å². The number of aromatic nitrogens is 2. The zero-order chi connectivity index (χ0) is 24.9. The molecule has 2 aromatic carbocycles. The SMILES string of the molecule is CCOC(=O)c1cc(-c2ccc(N3CCN(C(=O)[C@@H](C)CC)CC3)cc2)n(-c2ccc(F)cc2)n1. The molecule has 1 amide bonds. The Kier molecular flexibility index (Phi) is 7.48. The molecule has 3 aromatic rings. The lowest BCUT2D eigenvalue weighted by Crippen LogP contribution is -2.50. The fourth-order valence-electron chi connectivity index (χ4n) is 4.18. The van der Waals surface area contributed by atoms with Crippen LogP contribution in [0.15, 0.2) is 54.6 Å². The molecule has 0 N–H and O–H groups in total. The highest BCUT2D eigenvalue weighted by Gasteiger charge is 2.24. The summed E-state index contributed by atoms with van der Waals surface area (Å²) in [5, 5.41) is 4.44. The Morgan fingerprint density at radius 2 is 1.60 bits per heavy atom. The van der Waals surface area contributed by atoms with Crippen molar-refractivity contribution in [2.45, 2.75) is 27.2 Å². The van der Waals surface area contributed by atoms with Crippen molar-refractivity contribution < 1.29 is 18.7 Å². The summed E-state index contributed by atoms with van der Waals surface area (Å²) in [6.07, 6.45) is 0.854. The first kappa shape index (κ1) is 24.4. The van der Waals surface area contributed by atoms with E-state index < -0.39 is 5.97 Å². The zero-order valence-corrected chi connectivity index (χ0v) is 20.4. The molecule has 1 aliphatic rings. The van der Waals surface area contributed by atoms with Gasteiger partial charge in [0.1, 0.15) is 5.82 Å². The number of esters is 1. The topological polar surface area (TPSA) is 67.7 Å². The van der Waals surface area contributed by atoms with E-state index >= 15 is 0 Å². The van der Waals surface area contributed by atoms with Crippen LogP contribution in [-0.2, 0) is 9.53 Å². The highest BCUT2D eigenvalue weighted by Crippen LogP contribution is 2.28. The first-order chi connectivity index (χ1) is 16.9. The molecular weight excluding hydrogens is 447 g/mol. The number of piperazine rings is 1. The van der Waals surface area contributed by atoms with Gasteiger partial charge in [-0.25, -0.2) is 13.9 Å². The second-order valence-corrected chi connectivity index (χ2v) is 8.69. The van der Waals surface area contributed by atoms with Gasteiger partial charge in [-0.2, -0.15) is 5.10 Å². The highest BCUT2D eigenvalue weighted by atomic mass is 19.1. The Morgan fingerprint density at radius 3 is 2.20 bits per heavy atom. The van der Waals surface area contributed by atoms with E-state index in [-0.39, 0.29) is 29.9 Å². The fraction of sp³-hybridized carbons (Fsp3) is 0.370. The average Bonchev–Trinajstić information content (AvgIpc) is 3.34. The minimum atomic E-state index is -0.504. The van der Waals surface area contributed by atoms with Crippen molar-refractivity contribution in [1.82, 2.24) is 14.7 Å². The van der Waals surface area contributed by atoms with Crippen molar-refractivity contribution in [3.63, 3.8) is 0 Å². The van der Waals surface area contributed by atoms with E-state index in [0.29, 0.717) is 24.5 Å². The summed E-state index contributed by atoms with van der Waals surface area (Å²) in [7, 11) is 0. The lowest BCUT2D eigenvalue weighted by atomic mass is 10.1. The number of ether oxygens (including phenoxy) is 1. The third kappa shape index (κ3) is 5.37. The molecule has 184 valence electrons. The molecule has 2 heterocycles. The van der Waals surface area contributed by atoms with Gasteiger partial charge in [0.05, 0.1) is 18.0 Å². The van der Waals surface area contributed by atoms with Gasteiger partial charge in [-0.3, -0.25) is 4.79 Å². The van der Waals surface area contributed by atoms with Crippen molar-refractivity contribution in [3.05, 3.63) is 66.1 Å². The molecule has 4 rings (SSSR count). The molecule has 1 saturated heterocycles. The van der Waals surface area contributed by atoms with Crippen molar-refractivity contribution >= 4 is 17.6 Å². The summed E-state index contributed by atoms with van der Waals surface area (Å²) in [5.41, 5.74) is 3.48. The van der Waals surface area contributed by atoms with Gasteiger partial charge in [0.2, 0.25) is 5.91 Å². The monoisotopic (exact) mass is 478 g/mol. The molecule has 35 heavy (non-hydrogen) atoms. The van der Waals surface area contributed by atoms with E-state index in [1.807, 2.05) is 43.0 Å².